The van der Waals surface area contributed by atoms with Crippen molar-refractivity contribution < 1.29 is 4.79 Å². The van der Waals surface area contributed by atoms with Gasteiger partial charge >= 0.3 is 0 Å². The van der Waals surface area contributed by atoms with Gasteiger partial charge < -0.3 is 5.32 Å². The third kappa shape index (κ3) is 6.16. The summed E-state index contributed by atoms with van der Waals surface area (Å²) in [5, 5.41) is 3.02. The molecule has 1 aliphatic rings. The van der Waals surface area contributed by atoms with E-state index in [1.54, 1.807) is 0 Å². The van der Waals surface area contributed by atoms with Gasteiger partial charge in [-0.05, 0) is 12.0 Å². The zero-order valence-corrected chi connectivity index (χ0v) is 13.8. The van der Waals surface area contributed by atoms with Gasteiger partial charge in [0.2, 0.25) is 5.91 Å². The third-order valence-corrected chi connectivity index (χ3v) is 4.22. The van der Waals surface area contributed by atoms with Crippen LogP contribution in [0.25, 0.3) is 0 Å². The van der Waals surface area contributed by atoms with E-state index in [1.165, 1.54) is 5.56 Å². The summed E-state index contributed by atoms with van der Waals surface area (Å²) in [5.74, 6) is 0.199. The van der Waals surface area contributed by atoms with Gasteiger partial charge in [-0.2, -0.15) is 0 Å². The van der Waals surface area contributed by atoms with Gasteiger partial charge in [-0.1, -0.05) is 43.7 Å². The van der Waals surface area contributed by atoms with Gasteiger partial charge in [-0.25, -0.2) is 0 Å². The molecule has 0 spiro atoms. The topological polar surface area (TPSA) is 35.6 Å². The molecule has 1 N–H and O–H groups in total. The Balaban J connectivity index is 1.58. The number of piperazine rings is 1. The van der Waals surface area contributed by atoms with Crippen LogP contribution in [0.5, 0.6) is 0 Å². The summed E-state index contributed by atoms with van der Waals surface area (Å²) in [4.78, 5) is 16.5. The van der Waals surface area contributed by atoms with Crippen LogP contribution in [0.4, 0.5) is 0 Å². The molecular weight excluding hydrogens is 274 g/mol. The number of rotatable bonds is 8. The summed E-state index contributed by atoms with van der Waals surface area (Å²) < 4.78 is 0. The number of carbonyl (C=O) groups excluding carboxylic acids is 1. The van der Waals surface area contributed by atoms with E-state index in [0.29, 0.717) is 6.42 Å². The molecule has 0 saturated carbocycles. The molecule has 1 aliphatic heterocycles. The zero-order valence-electron chi connectivity index (χ0n) is 13.8. The smallest absolute Gasteiger partial charge is 0.220 e. The average Bonchev–Trinajstić information content (AvgIpc) is 2.55. The van der Waals surface area contributed by atoms with Crippen LogP contribution in [0.1, 0.15) is 31.7 Å². The molecule has 122 valence electrons. The molecule has 1 saturated heterocycles. The fourth-order valence-electron chi connectivity index (χ4n) is 2.79. The normalized spacial score (nSPS) is 16.6. The van der Waals surface area contributed by atoms with Crippen LogP contribution in [-0.2, 0) is 11.3 Å². The van der Waals surface area contributed by atoms with Crippen LogP contribution in [0.15, 0.2) is 30.3 Å². The number of hydrogen-bond acceptors (Lipinski definition) is 3. The summed E-state index contributed by atoms with van der Waals surface area (Å²) in [5.41, 5.74) is 1.39. The zero-order chi connectivity index (χ0) is 15.6. The van der Waals surface area contributed by atoms with Crippen molar-refractivity contribution in [1.82, 2.24) is 15.1 Å². The molecule has 0 aliphatic carbocycles. The lowest BCUT2D eigenvalue weighted by Crippen LogP contribution is -2.48. The Morgan fingerprint density at radius 2 is 1.77 bits per heavy atom. The van der Waals surface area contributed by atoms with Gasteiger partial charge in [0.25, 0.3) is 0 Å². The fraction of sp³-hybridized carbons (Fsp3) is 0.611. The molecule has 0 aromatic heterocycles. The molecule has 0 bridgehead atoms. The first-order valence-corrected chi connectivity index (χ1v) is 8.53. The minimum Gasteiger partial charge on any atom is -0.355 e. The van der Waals surface area contributed by atoms with Crippen LogP contribution in [0, 0.1) is 0 Å². The van der Waals surface area contributed by atoms with Crippen molar-refractivity contribution in [3.8, 4) is 0 Å². The van der Waals surface area contributed by atoms with E-state index in [1.807, 2.05) is 0 Å². The van der Waals surface area contributed by atoms with Crippen LogP contribution in [0.2, 0.25) is 0 Å². The lowest BCUT2D eigenvalue weighted by molar-refractivity contribution is -0.121. The summed E-state index contributed by atoms with van der Waals surface area (Å²) >= 11 is 0. The highest BCUT2D eigenvalue weighted by Crippen LogP contribution is 2.07. The van der Waals surface area contributed by atoms with E-state index in [4.69, 9.17) is 0 Å². The van der Waals surface area contributed by atoms with E-state index >= 15 is 0 Å². The summed E-state index contributed by atoms with van der Waals surface area (Å²) in [6.45, 7) is 9.32. The molecule has 4 nitrogen and oxygen atoms in total. The molecule has 0 unspecified atom stereocenters. The van der Waals surface area contributed by atoms with Gasteiger partial charge in [-0.3, -0.25) is 14.6 Å². The molecule has 2 rings (SSSR count). The van der Waals surface area contributed by atoms with E-state index in [9.17, 15) is 4.79 Å². The summed E-state index contributed by atoms with van der Waals surface area (Å²) in [7, 11) is 0. The highest BCUT2D eigenvalue weighted by Gasteiger charge is 2.16. The van der Waals surface area contributed by atoms with Gasteiger partial charge in [0, 0.05) is 52.2 Å². The van der Waals surface area contributed by atoms with Gasteiger partial charge in [0.05, 0.1) is 0 Å². The summed E-state index contributed by atoms with van der Waals surface area (Å²) in [6, 6.07) is 10.7. The van der Waals surface area contributed by atoms with Crippen molar-refractivity contribution in [2.45, 2.75) is 32.7 Å². The maximum Gasteiger partial charge on any atom is 0.220 e. The van der Waals surface area contributed by atoms with Crippen molar-refractivity contribution in [3.05, 3.63) is 35.9 Å². The van der Waals surface area contributed by atoms with Gasteiger partial charge in [0.15, 0.2) is 0 Å². The largest absolute Gasteiger partial charge is 0.355 e. The molecule has 1 aromatic rings. The predicted octanol–water partition coefficient (Wildman–Crippen LogP) is 2.11. The minimum absolute atomic E-state index is 0.199. The predicted molar refractivity (Wildman–Crippen MR) is 90.7 cm³/mol. The molecular formula is C18H29N3O. The maximum absolute atomic E-state index is 11.6. The molecule has 0 radical (unpaired) electrons. The Kier molecular flexibility index (Phi) is 7.40. The SMILES string of the molecule is CCCCC(=O)NCCN1CCN(Cc2ccccc2)CC1. The maximum atomic E-state index is 11.6. The molecule has 22 heavy (non-hydrogen) atoms. The van der Waals surface area contributed by atoms with Crippen molar-refractivity contribution >= 4 is 5.91 Å². The molecule has 1 heterocycles. The van der Waals surface area contributed by atoms with E-state index < -0.39 is 0 Å². The van der Waals surface area contributed by atoms with Crippen LogP contribution in [-0.4, -0.2) is 55.0 Å². The Morgan fingerprint density at radius 3 is 2.45 bits per heavy atom. The molecule has 0 atom stereocenters. The fourth-order valence-corrected chi connectivity index (χ4v) is 2.79. The number of hydrogen-bond donors (Lipinski definition) is 1. The second-order valence-corrected chi connectivity index (χ2v) is 6.06. The molecule has 1 aromatic carbocycles. The van der Waals surface area contributed by atoms with Crippen molar-refractivity contribution in [2.75, 3.05) is 39.3 Å². The quantitative estimate of drug-likeness (QED) is 0.799. The minimum atomic E-state index is 0.199. The highest BCUT2D eigenvalue weighted by atomic mass is 16.1. The van der Waals surface area contributed by atoms with E-state index in [-0.39, 0.29) is 5.91 Å². The first-order valence-electron chi connectivity index (χ1n) is 8.53. The molecule has 1 amide bonds. The highest BCUT2D eigenvalue weighted by molar-refractivity contribution is 5.75. The third-order valence-electron chi connectivity index (χ3n) is 4.22. The second kappa shape index (κ2) is 9.59. The van der Waals surface area contributed by atoms with Crippen LogP contribution in [0.3, 0.4) is 0 Å². The lowest BCUT2D eigenvalue weighted by atomic mass is 10.2. The van der Waals surface area contributed by atoms with Crippen LogP contribution >= 0.6 is 0 Å². The Labute approximate surface area is 134 Å². The number of benzene rings is 1. The Morgan fingerprint density at radius 1 is 1.09 bits per heavy atom. The number of nitrogens with zero attached hydrogens (tertiary/aromatic N) is 2. The number of amides is 1. The summed E-state index contributed by atoms with van der Waals surface area (Å²) in [6.07, 6.45) is 2.74. The second-order valence-electron chi connectivity index (χ2n) is 6.06. The monoisotopic (exact) mass is 303 g/mol. The van der Waals surface area contributed by atoms with Gasteiger partial charge in [0.1, 0.15) is 0 Å². The van der Waals surface area contributed by atoms with Crippen molar-refractivity contribution in [2.24, 2.45) is 0 Å². The van der Waals surface area contributed by atoms with Crippen molar-refractivity contribution in [1.29, 1.82) is 0 Å². The lowest BCUT2D eigenvalue weighted by Gasteiger charge is -2.34. The van der Waals surface area contributed by atoms with Gasteiger partial charge in [-0.15, -0.1) is 0 Å². The average molecular weight is 303 g/mol. The van der Waals surface area contributed by atoms with E-state index in [2.05, 4.69) is 52.4 Å². The molecule has 4 heteroatoms. The number of carbonyl (C=O) groups is 1. The first kappa shape index (κ1) is 17.0. The first-order chi connectivity index (χ1) is 10.8. The van der Waals surface area contributed by atoms with Crippen LogP contribution < -0.4 is 5.32 Å². The van der Waals surface area contributed by atoms with Crippen molar-refractivity contribution in [3.63, 3.8) is 0 Å². The molecule has 1 fully saturated rings. The Bertz CT molecular complexity index is 427. The Hall–Kier alpha value is -1.39. The number of nitrogens with one attached hydrogen (secondary N) is 1. The standard InChI is InChI=1S/C18H29N3O/c1-2-3-9-18(22)19-10-11-20-12-14-21(15-13-20)16-17-7-5-4-6-8-17/h4-8H,2-3,9-16H2,1H3,(H,19,22). The number of unbranched alkanes of at least 4 members (excludes halogenated alkanes) is 1. The van der Waals surface area contributed by atoms with E-state index in [0.717, 1.165) is 58.7 Å².